The first-order valence-corrected chi connectivity index (χ1v) is 6.08. The van der Waals surface area contributed by atoms with Crippen molar-refractivity contribution in [2.24, 2.45) is 0 Å². The van der Waals surface area contributed by atoms with E-state index in [1.807, 2.05) is 0 Å². The Morgan fingerprint density at radius 2 is 2.06 bits per heavy atom. The first kappa shape index (κ1) is 9.91. The first-order valence-electron chi connectivity index (χ1n) is 6.08. The Morgan fingerprint density at radius 1 is 1.25 bits per heavy atom. The zero-order valence-electron chi connectivity index (χ0n) is 9.96. The quantitative estimate of drug-likeness (QED) is 0.773. The van der Waals surface area contributed by atoms with E-state index in [0.29, 0.717) is 6.04 Å². The highest BCUT2D eigenvalue weighted by Gasteiger charge is 2.21. The fraction of sp³-hybridized carbons (Fsp3) is 0.429. The molecule has 2 heteroatoms. The van der Waals surface area contributed by atoms with Crippen molar-refractivity contribution in [1.29, 1.82) is 0 Å². The lowest BCUT2D eigenvalue weighted by molar-refractivity contribution is 0.201. The van der Waals surface area contributed by atoms with Crippen LogP contribution in [0.3, 0.4) is 0 Å². The van der Waals surface area contributed by atoms with Crippen LogP contribution in [0.25, 0.3) is 10.9 Å². The minimum Gasteiger partial charge on any atom is -0.357 e. The minimum absolute atomic E-state index is 0.638. The molecule has 0 atom stereocenters. The van der Waals surface area contributed by atoms with Gasteiger partial charge in [0.15, 0.2) is 0 Å². The molecule has 0 unspecified atom stereocenters. The molecular formula is C14H18N2. The number of hydrogen-bond acceptors (Lipinski definition) is 1. The third-order valence-corrected chi connectivity index (χ3v) is 3.64. The van der Waals surface area contributed by atoms with Gasteiger partial charge in [-0.15, -0.1) is 0 Å². The van der Waals surface area contributed by atoms with Crippen LogP contribution < -0.4 is 0 Å². The van der Waals surface area contributed by atoms with Crippen molar-refractivity contribution in [3.05, 3.63) is 35.5 Å². The van der Waals surface area contributed by atoms with E-state index >= 15 is 0 Å². The molecule has 2 aromatic rings. The third kappa shape index (κ3) is 1.45. The van der Waals surface area contributed by atoms with Crippen molar-refractivity contribution in [2.75, 3.05) is 6.54 Å². The summed E-state index contributed by atoms with van der Waals surface area (Å²) in [6, 6.07) is 9.28. The standard InChI is InChI=1S/C14H18N2/c1-10(2)16-8-7-12-11-5-3-4-6-13(11)15-14(12)9-16/h3-6,10,15H,7-9H2,1-2H3. The molecule has 1 aliphatic rings. The monoisotopic (exact) mass is 214 g/mol. The Hall–Kier alpha value is -1.28. The molecule has 0 radical (unpaired) electrons. The van der Waals surface area contributed by atoms with E-state index in [1.165, 1.54) is 35.1 Å². The molecule has 16 heavy (non-hydrogen) atoms. The minimum atomic E-state index is 0.638. The summed E-state index contributed by atoms with van der Waals surface area (Å²) in [5, 5.41) is 1.42. The highest BCUT2D eigenvalue weighted by Crippen LogP contribution is 2.27. The molecule has 84 valence electrons. The van der Waals surface area contributed by atoms with E-state index in [1.54, 1.807) is 0 Å². The number of nitrogens with zero attached hydrogens (tertiary/aromatic N) is 1. The highest BCUT2D eigenvalue weighted by atomic mass is 15.2. The van der Waals surface area contributed by atoms with Gasteiger partial charge in [-0.25, -0.2) is 0 Å². The molecule has 1 aromatic carbocycles. The third-order valence-electron chi connectivity index (χ3n) is 3.64. The maximum atomic E-state index is 3.56. The second-order valence-corrected chi connectivity index (χ2v) is 4.94. The largest absolute Gasteiger partial charge is 0.357 e. The Balaban J connectivity index is 2.06. The van der Waals surface area contributed by atoms with E-state index in [4.69, 9.17) is 0 Å². The smallest absolute Gasteiger partial charge is 0.0459 e. The lowest BCUT2D eigenvalue weighted by Crippen LogP contribution is -2.35. The zero-order valence-corrected chi connectivity index (χ0v) is 9.96. The summed E-state index contributed by atoms with van der Waals surface area (Å²) < 4.78 is 0. The second-order valence-electron chi connectivity index (χ2n) is 4.94. The molecule has 1 aliphatic heterocycles. The summed E-state index contributed by atoms with van der Waals surface area (Å²) in [4.78, 5) is 6.08. The van der Waals surface area contributed by atoms with Gasteiger partial charge >= 0.3 is 0 Å². The van der Waals surface area contributed by atoms with Crippen LogP contribution in [0.1, 0.15) is 25.1 Å². The van der Waals surface area contributed by atoms with Gasteiger partial charge in [-0.3, -0.25) is 4.90 Å². The lowest BCUT2D eigenvalue weighted by atomic mass is 10.0. The van der Waals surface area contributed by atoms with Crippen LogP contribution in [0.15, 0.2) is 24.3 Å². The summed E-state index contributed by atoms with van der Waals surface area (Å²) >= 11 is 0. The van der Waals surface area contributed by atoms with Gasteiger partial charge in [0.2, 0.25) is 0 Å². The first-order chi connectivity index (χ1) is 7.75. The van der Waals surface area contributed by atoms with Crippen molar-refractivity contribution in [2.45, 2.75) is 32.9 Å². The molecule has 0 amide bonds. The molecule has 0 saturated heterocycles. The fourth-order valence-electron chi connectivity index (χ4n) is 2.65. The van der Waals surface area contributed by atoms with Gasteiger partial charge in [0.05, 0.1) is 0 Å². The average molecular weight is 214 g/mol. The fourth-order valence-corrected chi connectivity index (χ4v) is 2.65. The predicted octanol–water partition coefficient (Wildman–Crippen LogP) is 2.93. The van der Waals surface area contributed by atoms with Crippen LogP contribution in [-0.4, -0.2) is 22.5 Å². The zero-order chi connectivity index (χ0) is 11.1. The number of hydrogen-bond donors (Lipinski definition) is 1. The van der Waals surface area contributed by atoms with Crippen LogP contribution in [0.4, 0.5) is 0 Å². The number of aromatic amines is 1. The Labute approximate surface area is 96.3 Å². The van der Waals surface area contributed by atoms with Crippen LogP contribution in [0.2, 0.25) is 0 Å². The maximum absolute atomic E-state index is 3.56. The van der Waals surface area contributed by atoms with Gasteiger partial charge in [0.25, 0.3) is 0 Å². The summed E-state index contributed by atoms with van der Waals surface area (Å²) in [7, 11) is 0. The molecule has 2 nitrogen and oxygen atoms in total. The topological polar surface area (TPSA) is 19.0 Å². The van der Waals surface area contributed by atoms with Gasteiger partial charge in [0, 0.05) is 35.7 Å². The molecule has 0 aliphatic carbocycles. The predicted molar refractivity (Wildman–Crippen MR) is 67.5 cm³/mol. The maximum Gasteiger partial charge on any atom is 0.0459 e. The van der Waals surface area contributed by atoms with Crippen molar-refractivity contribution in [1.82, 2.24) is 9.88 Å². The SMILES string of the molecule is CC(C)N1CCc2c([nH]c3ccccc23)C1. The Kier molecular flexibility index (Phi) is 2.25. The number of nitrogens with one attached hydrogen (secondary N) is 1. The van der Waals surface area contributed by atoms with E-state index in [2.05, 4.69) is 48.0 Å². The molecular weight excluding hydrogens is 196 g/mol. The number of benzene rings is 1. The summed E-state index contributed by atoms with van der Waals surface area (Å²) in [5.41, 5.74) is 4.24. The van der Waals surface area contributed by atoms with Crippen molar-refractivity contribution in [3.8, 4) is 0 Å². The summed E-state index contributed by atoms with van der Waals surface area (Å²) in [6.45, 7) is 6.80. The molecule has 1 N–H and O–H groups in total. The molecule has 1 aromatic heterocycles. The molecule has 0 saturated carbocycles. The molecule has 0 spiro atoms. The normalized spacial score (nSPS) is 16.9. The number of H-pyrrole nitrogens is 1. The average Bonchev–Trinajstić information content (AvgIpc) is 2.66. The Bertz CT molecular complexity index is 510. The molecule has 2 heterocycles. The van der Waals surface area contributed by atoms with Gasteiger partial charge < -0.3 is 4.98 Å². The number of fused-ring (bicyclic) bond motifs is 3. The Morgan fingerprint density at radius 3 is 2.88 bits per heavy atom. The van der Waals surface area contributed by atoms with Gasteiger partial charge in [-0.1, -0.05) is 18.2 Å². The van der Waals surface area contributed by atoms with Crippen LogP contribution in [0, 0.1) is 0 Å². The molecule has 0 bridgehead atoms. The number of rotatable bonds is 1. The second kappa shape index (κ2) is 3.63. The lowest BCUT2D eigenvalue weighted by Gasteiger charge is -2.30. The summed E-state index contributed by atoms with van der Waals surface area (Å²) in [6.07, 6.45) is 1.18. The van der Waals surface area contributed by atoms with Crippen LogP contribution in [0.5, 0.6) is 0 Å². The van der Waals surface area contributed by atoms with E-state index < -0.39 is 0 Å². The van der Waals surface area contributed by atoms with E-state index in [-0.39, 0.29) is 0 Å². The van der Waals surface area contributed by atoms with E-state index in [0.717, 1.165) is 6.54 Å². The van der Waals surface area contributed by atoms with E-state index in [9.17, 15) is 0 Å². The van der Waals surface area contributed by atoms with Crippen molar-refractivity contribution < 1.29 is 0 Å². The number of aromatic nitrogens is 1. The molecule has 3 rings (SSSR count). The molecule has 0 fully saturated rings. The van der Waals surface area contributed by atoms with Gasteiger partial charge in [0.1, 0.15) is 0 Å². The van der Waals surface area contributed by atoms with Gasteiger partial charge in [-0.2, -0.15) is 0 Å². The number of para-hydroxylation sites is 1. The van der Waals surface area contributed by atoms with Crippen LogP contribution in [-0.2, 0) is 13.0 Å². The van der Waals surface area contributed by atoms with Crippen molar-refractivity contribution >= 4 is 10.9 Å². The van der Waals surface area contributed by atoms with Gasteiger partial charge in [-0.05, 0) is 31.9 Å². The van der Waals surface area contributed by atoms with Crippen molar-refractivity contribution in [3.63, 3.8) is 0 Å². The summed E-state index contributed by atoms with van der Waals surface area (Å²) in [5.74, 6) is 0. The highest BCUT2D eigenvalue weighted by molar-refractivity contribution is 5.84. The van der Waals surface area contributed by atoms with Crippen LogP contribution >= 0.6 is 0 Å².